The molecule has 1 atom stereocenters. The molecule has 1 amide bonds. The molecule has 0 unspecified atom stereocenters. The minimum atomic E-state index is -0.687. The smallest absolute Gasteiger partial charge is 0.271 e. The summed E-state index contributed by atoms with van der Waals surface area (Å²) >= 11 is 6.69. The number of anilines is 1. The number of hydrogen-bond acceptors (Lipinski definition) is 6. The molecule has 0 radical (unpaired) electrons. The van der Waals surface area contributed by atoms with Crippen molar-refractivity contribution in [1.29, 1.82) is 5.26 Å². The average Bonchev–Trinajstić information content (AvgIpc) is 2.82. The monoisotopic (exact) mass is 496 g/mol. The SMILES string of the molecule is CC(=O)N1CCN(c2c(C#N)c(=O)n3c4c(c(-c5c(O)cccc5F)c(Cl)cc24)OCC3)[C@@H](C)C1. The number of amides is 1. The molecule has 2 aliphatic heterocycles. The third kappa shape index (κ3) is 3.48. The van der Waals surface area contributed by atoms with Crippen LogP contribution in [0.4, 0.5) is 10.1 Å². The highest BCUT2D eigenvalue weighted by Crippen LogP contribution is 2.49. The van der Waals surface area contributed by atoms with E-state index in [2.05, 4.69) is 6.07 Å². The van der Waals surface area contributed by atoms with E-state index in [1.807, 2.05) is 11.8 Å². The van der Waals surface area contributed by atoms with E-state index in [9.17, 15) is 24.3 Å². The summed E-state index contributed by atoms with van der Waals surface area (Å²) in [5, 5.41) is 21.1. The number of aromatic hydroxyl groups is 1. The van der Waals surface area contributed by atoms with Crippen molar-refractivity contribution in [1.82, 2.24) is 9.47 Å². The van der Waals surface area contributed by atoms with Gasteiger partial charge in [-0.25, -0.2) is 4.39 Å². The van der Waals surface area contributed by atoms with E-state index in [1.165, 1.54) is 29.7 Å². The van der Waals surface area contributed by atoms with Crippen molar-refractivity contribution in [2.24, 2.45) is 0 Å². The Labute approximate surface area is 205 Å². The zero-order chi connectivity index (χ0) is 25.0. The van der Waals surface area contributed by atoms with Gasteiger partial charge in [-0.3, -0.25) is 9.59 Å². The molecule has 180 valence electrons. The van der Waals surface area contributed by atoms with Gasteiger partial charge >= 0.3 is 0 Å². The molecule has 35 heavy (non-hydrogen) atoms. The Kier molecular flexibility index (Phi) is 5.56. The standard InChI is InChI=1S/C25H22ClFN4O4/c1-13-12-29(14(2)32)6-7-30(13)22-15-10-17(26)20(21-18(27)4-3-5-19(21)33)24-23(15)31(8-9-35-24)25(34)16(22)11-28/h3-5,10,13,33H,6-9,12H2,1-2H3/t13-/m0/s1. The maximum absolute atomic E-state index is 14.8. The molecular weight excluding hydrogens is 475 g/mol. The Hall–Kier alpha value is -3.77. The first-order chi connectivity index (χ1) is 16.7. The van der Waals surface area contributed by atoms with Gasteiger partial charge in [-0.05, 0) is 25.1 Å². The van der Waals surface area contributed by atoms with Gasteiger partial charge in [0.25, 0.3) is 5.56 Å². The van der Waals surface area contributed by atoms with Crippen LogP contribution in [-0.2, 0) is 11.3 Å². The van der Waals surface area contributed by atoms with Gasteiger partial charge in [-0.2, -0.15) is 5.26 Å². The fourth-order valence-electron chi connectivity index (χ4n) is 5.10. The summed E-state index contributed by atoms with van der Waals surface area (Å²) in [6.07, 6.45) is 0. The van der Waals surface area contributed by atoms with E-state index in [1.54, 1.807) is 11.0 Å². The molecule has 1 fully saturated rings. The van der Waals surface area contributed by atoms with Crippen molar-refractivity contribution in [2.75, 3.05) is 31.1 Å². The average molecular weight is 497 g/mol. The van der Waals surface area contributed by atoms with Gasteiger partial charge in [-0.1, -0.05) is 17.7 Å². The predicted octanol–water partition coefficient (Wildman–Crippen LogP) is 3.49. The Morgan fingerprint density at radius 3 is 2.71 bits per heavy atom. The Morgan fingerprint density at radius 1 is 1.29 bits per heavy atom. The molecule has 1 aromatic heterocycles. The van der Waals surface area contributed by atoms with E-state index in [4.69, 9.17) is 16.3 Å². The van der Waals surface area contributed by atoms with Crippen LogP contribution in [0.2, 0.25) is 5.02 Å². The summed E-state index contributed by atoms with van der Waals surface area (Å²) in [4.78, 5) is 29.0. The summed E-state index contributed by atoms with van der Waals surface area (Å²) in [5.74, 6) is -0.862. The number of phenols is 1. The third-order valence-electron chi connectivity index (χ3n) is 6.70. The molecule has 0 saturated carbocycles. The molecular formula is C25H22ClFN4O4. The second kappa shape index (κ2) is 8.47. The number of hydrogen-bond donors (Lipinski definition) is 1. The number of carbonyl (C=O) groups is 1. The summed E-state index contributed by atoms with van der Waals surface area (Å²) in [6, 6.07) is 7.42. The van der Waals surface area contributed by atoms with Crippen molar-refractivity contribution in [3.63, 3.8) is 0 Å². The lowest BCUT2D eigenvalue weighted by molar-refractivity contribution is -0.129. The van der Waals surface area contributed by atoms with Gasteiger partial charge in [0, 0.05) is 38.0 Å². The Balaban J connectivity index is 1.84. The van der Waals surface area contributed by atoms with Gasteiger partial charge in [0.2, 0.25) is 5.91 Å². The van der Waals surface area contributed by atoms with E-state index in [0.717, 1.165) is 0 Å². The minimum Gasteiger partial charge on any atom is -0.507 e. The fraction of sp³-hybridized carbons (Fsp3) is 0.320. The van der Waals surface area contributed by atoms with E-state index in [0.29, 0.717) is 36.2 Å². The second-order valence-electron chi connectivity index (χ2n) is 8.74. The molecule has 1 saturated heterocycles. The normalized spacial score (nSPS) is 17.3. The van der Waals surface area contributed by atoms with Crippen LogP contribution in [0.15, 0.2) is 29.1 Å². The number of aromatic nitrogens is 1. The van der Waals surface area contributed by atoms with Crippen LogP contribution in [0.3, 0.4) is 0 Å². The lowest BCUT2D eigenvalue weighted by atomic mass is 9.97. The van der Waals surface area contributed by atoms with Crippen LogP contribution in [0.25, 0.3) is 22.0 Å². The van der Waals surface area contributed by atoms with Gasteiger partial charge in [0.15, 0.2) is 5.75 Å². The van der Waals surface area contributed by atoms with Crippen LogP contribution in [0.1, 0.15) is 19.4 Å². The molecule has 8 nitrogen and oxygen atoms in total. The number of benzene rings is 2. The van der Waals surface area contributed by atoms with Crippen molar-refractivity contribution in [3.8, 4) is 28.7 Å². The minimum absolute atomic E-state index is 0.0222. The Bertz CT molecular complexity index is 1480. The summed E-state index contributed by atoms with van der Waals surface area (Å²) in [6.45, 7) is 5.03. The summed E-state index contributed by atoms with van der Waals surface area (Å²) in [5.41, 5.74) is 0.325. The molecule has 0 bridgehead atoms. The molecule has 3 aromatic rings. The number of phenolic OH excluding ortho intramolecular Hbond substituents is 1. The third-order valence-corrected chi connectivity index (χ3v) is 7.00. The van der Waals surface area contributed by atoms with Gasteiger partial charge in [0.05, 0.1) is 33.9 Å². The summed E-state index contributed by atoms with van der Waals surface area (Å²) in [7, 11) is 0. The number of piperazine rings is 1. The first-order valence-corrected chi connectivity index (χ1v) is 11.6. The highest BCUT2D eigenvalue weighted by molar-refractivity contribution is 6.35. The predicted molar refractivity (Wildman–Crippen MR) is 130 cm³/mol. The van der Waals surface area contributed by atoms with E-state index < -0.39 is 11.4 Å². The lowest BCUT2D eigenvalue weighted by Crippen LogP contribution is -2.54. The van der Waals surface area contributed by atoms with Gasteiger partial charge < -0.3 is 24.2 Å². The molecule has 2 aromatic carbocycles. The molecule has 0 spiro atoms. The van der Waals surface area contributed by atoms with E-state index >= 15 is 0 Å². The molecule has 5 rings (SSSR count). The Morgan fingerprint density at radius 2 is 2.06 bits per heavy atom. The number of pyridine rings is 1. The first kappa shape index (κ1) is 23.0. The number of nitriles is 1. The van der Waals surface area contributed by atoms with Crippen molar-refractivity contribution >= 4 is 34.1 Å². The van der Waals surface area contributed by atoms with E-state index in [-0.39, 0.29) is 58.3 Å². The number of carbonyl (C=O) groups excluding carboxylic acids is 1. The molecule has 10 heteroatoms. The zero-order valence-electron chi connectivity index (χ0n) is 19.1. The van der Waals surface area contributed by atoms with Gasteiger partial charge in [0.1, 0.15) is 29.8 Å². The van der Waals surface area contributed by atoms with Gasteiger partial charge in [-0.15, -0.1) is 0 Å². The van der Waals surface area contributed by atoms with Crippen LogP contribution in [-0.4, -0.2) is 52.8 Å². The number of nitrogens with zero attached hydrogens (tertiary/aromatic N) is 4. The largest absolute Gasteiger partial charge is 0.507 e. The molecule has 1 N–H and O–H groups in total. The van der Waals surface area contributed by atoms with Crippen molar-refractivity contribution in [2.45, 2.75) is 26.4 Å². The first-order valence-electron chi connectivity index (χ1n) is 11.2. The number of ether oxygens (including phenoxy) is 1. The molecule has 0 aliphatic carbocycles. The highest BCUT2D eigenvalue weighted by atomic mass is 35.5. The quantitative estimate of drug-likeness (QED) is 0.583. The fourth-order valence-corrected chi connectivity index (χ4v) is 5.39. The molecule has 2 aliphatic rings. The maximum atomic E-state index is 14.8. The van der Waals surface area contributed by atoms with Crippen molar-refractivity contribution in [3.05, 3.63) is 51.0 Å². The number of rotatable bonds is 2. The van der Waals surface area contributed by atoms with Crippen LogP contribution in [0.5, 0.6) is 11.5 Å². The maximum Gasteiger partial charge on any atom is 0.271 e. The second-order valence-corrected chi connectivity index (χ2v) is 9.15. The lowest BCUT2D eigenvalue weighted by Gasteiger charge is -2.42. The zero-order valence-corrected chi connectivity index (χ0v) is 19.9. The summed E-state index contributed by atoms with van der Waals surface area (Å²) < 4.78 is 22.2. The topological polar surface area (TPSA) is 98.8 Å². The van der Waals surface area contributed by atoms with Crippen molar-refractivity contribution < 1.29 is 19.0 Å². The highest BCUT2D eigenvalue weighted by Gasteiger charge is 2.34. The van der Waals surface area contributed by atoms with Crippen LogP contribution in [0, 0.1) is 17.1 Å². The molecule has 3 heterocycles. The van der Waals surface area contributed by atoms with Crippen LogP contribution >= 0.6 is 11.6 Å². The van der Waals surface area contributed by atoms with Crippen LogP contribution < -0.4 is 15.2 Å². The number of halogens is 2.